The Morgan fingerprint density at radius 3 is 2.46 bits per heavy atom. The average Bonchev–Trinajstić information content (AvgIpc) is 3.40. The molecular formula is C20H24BrN3O2. The topological polar surface area (TPSA) is 58.2 Å². The van der Waals surface area contributed by atoms with E-state index in [-0.39, 0.29) is 12.0 Å². The molecule has 0 spiro atoms. The molecule has 0 bridgehead atoms. The van der Waals surface area contributed by atoms with Crippen molar-refractivity contribution in [1.29, 1.82) is 0 Å². The van der Waals surface area contributed by atoms with Crippen LogP contribution < -0.4 is 4.74 Å². The van der Waals surface area contributed by atoms with Crippen LogP contribution in [-0.2, 0) is 0 Å². The number of rotatable bonds is 4. The number of benzene rings is 1. The SMILES string of the molecule is Cc1cccc(C)c1OC1CCN(C(=O)c2n[nH]c(C3CC3)c2Br)CC1. The number of piperidine rings is 1. The first-order chi connectivity index (χ1) is 12.5. The molecular weight excluding hydrogens is 394 g/mol. The summed E-state index contributed by atoms with van der Waals surface area (Å²) in [5.41, 5.74) is 3.91. The van der Waals surface area contributed by atoms with E-state index in [0.717, 1.165) is 39.9 Å². The van der Waals surface area contributed by atoms with Crippen molar-refractivity contribution in [2.45, 2.75) is 51.6 Å². The van der Waals surface area contributed by atoms with Crippen LogP contribution in [0.2, 0.25) is 0 Å². The molecule has 1 aromatic heterocycles. The van der Waals surface area contributed by atoms with Crippen LogP contribution in [-0.4, -0.2) is 40.2 Å². The predicted octanol–water partition coefficient (Wildman–Crippen LogP) is 4.35. The highest BCUT2D eigenvalue weighted by Crippen LogP contribution is 2.43. The van der Waals surface area contributed by atoms with E-state index < -0.39 is 0 Å². The molecule has 1 aliphatic heterocycles. The van der Waals surface area contributed by atoms with Crippen molar-refractivity contribution in [2.24, 2.45) is 0 Å². The number of likely N-dealkylation sites (tertiary alicyclic amines) is 1. The molecule has 1 N–H and O–H groups in total. The van der Waals surface area contributed by atoms with E-state index >= 15 is 0 Å². The van der Waals surface area contributed by atoms with Crippen LogP contribution in [0.3, 0.4) is 0 Å². The van der Waals surface area contributed by atoms with Gasteiger partial charge < -0.3 is 9.64 Å². The van der Waals surface area contributed by atoms with Gasteiger partial charge in [0.15, 0.2) is 5.69 Å². The van der Waals surface area contributed by atoms with Crippen LogP contribution in [0.25, 0.3) is 0 Å². The Hall–Kier alpha value is -1.82. The predicted molar refractivity (Wildman–Crippen MR) is 104 cm³/mol. The van der Waals surface area contributed by atoms with Crippen molar-refractivity contribution < 1.29 is 9.53 Å². The minimum absolute atomic E-state index is 0.00514. The molecule has 2 fully saturated rings. The maximum absolute atomic E-state index is 12.8. The van der Waals surface area contributed by atoms with Gasteiger partial charge in [-0.1, -0.05) is 18.2 Å². The zero-order valence-electron chi connectivity index (χ0n) is 15.2. The summed E-state index contributed by atoms with van der Waals surface area (Å²) in [7, 11) is 0. The Balaban J connectivity index is 1.38. The number of nitrogens with one attached hydrogen (secondary N) is 1. The van der Waals surface area contributed by atoms with E-state index in [9.17, 15) is 4.79 Å². The Bertz CT molecular complexity index is 800. The number of amides is 1. The van der Waals surface area contributed by atoms with Gasteiger partial charge >= 0.3 is 0 Å². The van der Waals surface area contributed by atoms with Gasteiger partial charge in [-0.15, -0.1) is 0 Å². The molecule has 1 aliphatic carbocycles. The quantitative estimate of drug-likeness (QED) is 0.803. The van der Waals surface area contributed by atoms with Gasteiger partial charge in [0.25, 0.3) is 5.91 Å². The van der Waals surface area contributed by atoms with Crippen LogP contribution in [0.15, 0.2) is 22.7 Å². The van der Waals surface area contributed by atoms with Gasteiger partial charge in [0.2, 0.25) is 0 Å². The Morgan fingerprint density at radius 1 is 1.19 bits per heavy atom. The normalized spacial score (nSPS) is 18.2. The van der Waals surface area contributed by atoms with Crippen LogP contribution in [0, 0.1) is 13.8 Å². The number of para-hydroxylation sites is 1. The molecule has 2 aliphatic rings. The molecule has 2 aromatic rings. The van der Waals surface area contributed by atoms with Crippen LogP contribution in [0.5, 0.6) is 5.75 Å². The van der Waals surface area contributed by atoms with Gasteiger partial charge in [-0.3, -0.25) is 9.89 Å². The first kappa shape index (κ1) is 17.6. The van der Waals surface area contributed by atoms with Crippen molar-refractivity contribution >= 4 is 21.8 Å². The fourth-order valence-corrected chi connectivity index (χ4v) is 4.27. The lowest BCUT2D eigenvalue weighted by Gasteiger charge is -2.32. The van der Waals surface area contributed by atoms with E-state index in [1.165, 1.54) is 12.8 Å². The Morgan fingerprint density at radius 2 is 1.85 bits per heavy atom. The summed E-state index contributed by atoms with van der Waals surface area (Å²) in [6.07, 6.45) is 4.20. The number of hydrogen-bond acceptors (Lipinski definition) is 3. The molecule has 26 heavy (non-hydrogen) atoms. The number of aryl methyl sites for hydroxylation is 2. The van der Waals surface area contributed by atoms with E-state index in [1.54, 1.807) is 0 Å². The van der Waals surface area contributed by atoms with E-state index in [4.69, 9.17) is 4.74 Å². The average molecular weight is 418 g/mol. The summed E-state index contributed by atoms with van der Waals surface area (Å²) in [6, 6.07) is 6.21. The molecule has 1 aromatic carbocycles. The van der Waals surface area contributed by atoms with Crippen molar-refractivity contribution in [3.63, 3.8) is 0 Å². The lowest BCUT2D eigenvalue weighted by atomic mass is 10.1. The second-order valence-corrected chi connectivity index (χ2v) is 8.20. The summed E-state index contributed by atoms with van der Waals surface area (Å²) in [4.78, 5) is 14.7. The standard InChI is InChI=1S/C20H24BrN3O2/c1-12-4-3-5-13(2)19(12)26-15-8-10-24(11-9-15)20(25)18-16(21)17(22-23-18)14-6-7-14/h3-5,14-15H,6-11H2,1-2H3,(H,22,23). The van der Waals surface area contributed by atoms with Gasteiger partial charge in [-0.25, -0.2) is 0 Å². The summed E-state index contributed by atoms with van der Waals surface area (Å²) in [5, 5.41) is 7.31. The molecule has 1 saturated carbocycles. The number of ether oxygens (including phenoxy) is 1. The first-order valence-corrected chi connectivity index (χ1v) is 10.1. The molecule has 0 unspecified atom stereocenters. The second-order valence-electron chi connectivity index (χ2n) is 7.40. The third-order valence-corrected chi connectivity index (χ3v) is 6.15. The highest BCUT2D eigenvalue weighted by atomic mass is 79.9. The first-order valence-electron chi connectivity index (χ1n) is 9.30. The smallest absolute Gasteiger partial charge is 0.275 e. The van der Waals surface area contributed by atoms with Gasteiger partial charge in [-0.05, 0) is 53.7 Å². The molecule has 6 heteroatoms. The molecule has 4 rings (SSSR count). The van der Waals surface area contributed by atoms with Crippen molar-refractivity contribution in [3.8, 4) is 5.75 Å². The number of nitrogens with zero attached hydrogens (tertiary/aromatic N) is 2. The second kappa shape index (κ2) is 7.06. The van der Waals surface area contributed by atoms with Crippen LogP contribution >= 0.6 is 15.9 Å². The van der Waals surface area contributed by atoms with Crippen LogP contribution in [0.1, 0.15) is 58.9 Å². The number of H-pyrrole nitrogens is 1. The minimum atomic E-state index is 0.00514. The fourth-order valence-electron chi connectivity index (χ4n) is 3.60. The number of aromatic nitrogens is 2. The summed E-state index contributed by atoms with van der Waals surface area (Å²) in [6.45, 7) is 5.56. The molecule has 5 nitrogen and oxygen atoms in total. The third kappa shape index (κ3) is 3.39. The Kier molecular flexibility index (Phi) is 4.78. The summed E-state index contributed by atoms with van der Waals surface area (Å²) in [5.74, 6) is 1.53. The Labute approximate surface area is 162 Å². The van der Waals surface area contributed by atoms with Gasteiger partial charge in [0, 0.05) is 31.8 Å². The largest absolute Gasteiger partial charge is 0.490 e. The fraction of sp³-hybridized carbons (Fsp3) is 0.500. The summed E-state index contributed by atoms with van der Waals surface area (Å²) < 4.78 is 7.10. The molecule has 1 saturated heterocycles. The maximum atomic E-state index is 12.8. The number of carbonyl (C=O) groups is 1. The van der Waals surface area contributed by atoms with E-state index in [1.807, 2.05) is 4.90 Å². The third-order valence-electron chi connectivity index (χ3n) is 5.34. The molecule has 2 heterocycles. The van der Waals surface area contributed by atoms with Crippen molar-refractivity contribution in [2.75, 3.05) is 13.1 Å². The zero-order valence-corrected chi connectivity index (χ0v) is 16.8. The number of carbonyl (C=O) groups excluding carboxylic acids is 1. The van der Waals surface area contributed by atoms with Gasteiger partial charge in [0.05, 0.1) is 10.2 Å². The van der Waals surface area contributed by atoms with Gasteiger partial charge in [0.1, 0.15) is 11.9 Å². The van der Waals surface area contributed by atoms with E-state index in [0.29, 0.717) is 24.7 Å². The maximum Gasteiger partial charge on any atom is 0.275 e. The number of halogens is 1. The van der Waals surface area contributed by atoms with Gasteiger partial charge in [-0.2, -0.15) is 5.10 Å². The molecule has 138 valence electrons. The summed E-state index contributed by atoms with van der Waals surface area (Å²) >= 11 is 3.57. The lowest BCUT2D eigenvalue weighted by molar-refractivity contribution is 0.0587. The molecule has 0 atom stereocenters. The van der Waals surface area contributed by atoms with Crippen molar-refractivity contribution in [1.82, 2.24) is 15.1 Å². The minimum Gasteiger partial charge on any atom is -0.490 e. The monoisotopic (exact) mass is 417 g/mol. The number of aromatic amines is 1. The number of hydrogen-bond donors (Lipinski definition) is 1. The molecule has 0 radical (unpaired) electrons. The highest BCUT2D eigenvalue weighted by molar-refractivity contribution is 9.10. The zero-order chi connectivity index (χ0) is 18.3. The van der Waals surface area contributed by atoms with E-state index in [2.05, 4.69) is 58.2 Å². The molecule has 1 amide bonds. The van der Waals surface area contributed by atoms with Crippen molar-refractivity contribution in [3.05, 3.63) is 45.2 Å². The van der Waals surface area contributed by atoms with Crippen LogP contribution in [0.4, 0.5) is 0 Å². The highest BCUT2D eigenvalue weighted by Gasteiger charge is 2.33. The lowest BCUT2D eigenvalue weighted by Crippen LogP contribution is -2.42.